The van der Waals surface area contributed by atoms with Crippen LogP contribution in [-0.2, 0) is 9.53 Å². The van der Waals surface area contributed by atoms with Crippen molar-refractivity contribution in [1.29, 1.82) is 5.26 Å². The number of aromatic nitrogens is 2. The van der Waals surface area contributed by atoms with Gasteiger partial charge in [-0.3, -0.25) is 9.20 Å². The van der Waals surface area contributed by atoms with Gasteiger partial charge in [-0.15, -0.1) is 0 Å². The molecule has 0 aliphatic heterocycles. The van der Waals surface area contributed by atoms with Crippen LogP contribution in [0.2, 0.25) is 0 Å². The Morgan fingerprint density at radius 2 is 1.93 bits per heavy atom. The van der Waals surface area contributed by atoms with Gasteiger partial charge in [0.15, 0.2) is 11.5 Å². The summed E-state index contributed by atoms with van der Waals surface area (Å²) in [6.45, 7) is 1.72. The smallest absolute Gasteiger partial charge is 0.348 e. The molecule has 0 saturated heterocycles. The summed E-state index contributed by atoms with van der Waals surface area (Å²) in [7, 11) is 1.49. The molecule has 0 spiro atoms. The van der Waals surface area contributed by atoms with Crippen LogP contribution in [0.15, 0.2) is 59.0 Å². The van der Waals surface area contributed by atoms with Gasteiger partial charge in [-0.2, -0.15) is 10.2 Å². The highest BCUT2D eigenvalue weighted by Crippen LogP contribution is 2.31. The number of methoxy groups -OCH3 is 1. The van der Waals surface area contributed by atoms with E-state index in [1.54, 1.807) is 55.5 Å². The van der Waals surface area contributed by atoms with Crippen LogP contribution >= 0.6 is 0 Å². The lowest BCUT2D eigenvalue weighted by Crippen LogP contribution is -2.19. The number of carbonyl (C=O) groups is 1. The van der Waals surface area contributed by atoms with Crippen molar-refractivity contribution in [1.82, 2.24) is 9.38 Å². The largest absolute Gasteiger partial charge is 0.493 e. The van der Waals surface area contributed by atoms with Crippen LogP contribution in [0, 0.1) is 11.3 Å². The molecule has 0 atom stereocenters. The maximum Gasteiger partial charge on any atom is 0.348 e. The molecule has 3 rings (SSSR count). The van der Waals surface area contributed by atoms with Crippen molar-refractivity contribution in [2.75, 3.05) is 13.7 Å². The molecule has 8 heteroatoms. The number of rotatable bonds is 6. The highest BCUT2D eigenvalue weighted by Gasteiger charge is 2.18. The van der Waals surface area contributed by atoms with Gasteiger partial charge in [0.05, 0.1) is 13.7 Å². The minimum atomic E-state index is -0.837. The second-order valence-corrected chi connectivity index (χ2v) is 5.71. The number of para-hydroxylation sites is 2. The van der Waals surface area contributed by atoms with Gasteiger partial charge in [0, 0.05) is 6.20 Å². The number of esters is 1. The molecule has 8 nitrogen and oxygen atoms in total. The van der Waals surface area contributed by atoms with Gasteiger partial charge in [0.2, 0.25) is 5.88 Å². The number of ether oxygens (including phenoxy) is 3. The van der Waals surface area contributed by atoms with Crippen LogP contribution in [0.4, 0.5) is 0 Å². The molecule has 0 unspecified atom stereocenters. The van der Waals surface area contributed by atoms with Gasteiger partial charge in [-0.1, -0.05) is 18.2 Å². The molecular formula is C21H17N3O5. The predicted octanol–water partition coefficient (Wildman–Crippen LogP) is 2.97. The summed E-state index contributed by atoms with van der Waals surface area (Å²) in [6, 6.07) is 13.6. The molecule has 146 valence electrons. The van der Waals surface area contributed by atoms with Gasteiger partial charge in [-0.25, -0.2) is 4.79 Å². The maximum atomic E-state index is 13.0. The van der Waals surface area contributed by atoms with Crippen LogP contribution in [0.25, 0.3) is 11.7 Å². The van der Waals surface area contributed by atoms with Crippen LogP contribution in [-0.4, -0.2) is 29.1 Å². The van der Waals surface area contributed by atoms with Crippen molar-refractivity contribution in [3.05, 3.63) is 70.2 Å². The van der Waals surface area contributed by atoms with E-state index in [0.29, 0.717) is 17.1 Å². The van der Waals surface area contributed by atoms with E-state index in [0.717, 1.165) is 6.08 Å². The van der Waals surface area contributed by atoms with E-state index in [1.807, 2.05) is 0 Å². The SMILES string of the molecule is CCOC(=O)C(C#N)=Cc1c(Oc2ccccc2OC)nc2ccccn2c1=O. The molecular weight excluding hydrogens is 374 g/mol. The summed E-state index contributed by atoms with van der Waals surface area (Å²) < 4.78 is 17.3. The molecule has 0 N–H and O–H groups in total. The lowest BCUT2D eigenvalue weighted by molar-refractivity contribution is -0.137. The van der Waals surface area contributed by atoms with Crippen molar-refractivity contribution < 1.29 is 19.0 Å². The zero-order valence-electron chi connectivity index (χ0n) is 15.8. The van der Waals surface area contributed by atoms with Gasteiger partial charge in [-0.05, 0) is 37.3 Å². The van der Waals surface area contributed by atoms with Gasteiger partial charge < -0.3 is 14.2 Å². The van der Waals surface area contributed by atoms with Gasteiger partial charge in [0.25, 0.3) is 5.56 Å². The lowest BCUT2D eigenvalue weighted by Gasteiger charge is -2.12. The van der Waals surface area contributed by atoms with E-state index in [-0.39, 0.29) is 23.6 Å². The molecule has 0 fully saturated rings. The molecule has 0 radical (unpaired) electrons. The number of hydrogen-bond donors (Lipinski definition) is 0. The molecule has 1 aromatic carbocycles. The van der Waals surface area contributed by atoms with Crippen molar-refractivity contribution in [2.45, 2.75) is 6.92 Å². The Morgan fingerprint density at radius 3 is 2.62 bits per heavy atom. The van der Waals surface area contributed by atoms with E-state index >= 15 is 0 Å². The Hall–Kier alpha value is -4.12. The molecule has 0 amide bonds. The Morgan fingerprint density at radius 1 is 1.21 bits per heavy atom. The Kier molecular flexibility index (Phi) is 5.90. The number of nitriles is 1. The number of fused-ring (bicyclic) bond motifs is 1. The summed E-state index contributed by atoms with van der Waals surface area (Å²) in [5.74, 6) is -0.145. The minimum absolute atomic E-state index is 0.0655. The number of benzene rings is 1. The summed E-state index contributed by atoms with van der Waals surface area (Å²) in [5, 5.41) is 9.34. The molecule has 3 aromatic rings. The minimum Gasteiger partial charge on any atom is -0.493 e. The Labute approximate surface area is 166 Å². The fourth-order valence-corrected chi connectivity index (χ4v) is 2.58. The molecule has 2 aromatic heterocycles. The first-order valence-electron chi connectivity index (χ1n) is 8.70. The van der Waals surface area contributed by atoms with E-state index < -0.39 is 11.5 Å². The summed E-state index contributed by atoms with van der Waals surface area (Å²) in [6.07, 6.45) is 2.66. The maximum absolute atomic E-state index is 13.0. The number of nitrogens with zero attached hydrogens (tertiary/aromatic N) is 3. The van der Waals surface area contributed by atoms with Crippen molar-refractivity contribution in [3.63, 3.8) is 0 Å². The fraction of sp³-hybridized carbons (Fsp3) is 0.143. The third kappa shape index (κ3) is 4.09. The first-order chi connectivity index (χ1) is 14.1. The Bertz CT molecular complexity index is 1190. The van der Waals surface area contributed by atoms with Crippen molar-refractivity contribution >= 4 is 17.7 Å². The first kappa shape index (κ1) is 19.6. The van der Waals surface area contributed by atoms with E-state index in [9.17, 15) is 14.9 Å². The molecule has 0 aliphatic carbocycles. The van der Waals surface area contributed by atoms with Gasteiger partial charge >= 0.3 is 5.97 Å². The monoisotopic (exact) mass is 391 g/mol. The summed E-state index contributed by atoms with van der Waals surface area (Å²) in [4.78, 5) is 29.4. The van der Waals surface area contributed by atoms with Crippen LogP contribution < -0.4 is 15.0 Å². The van der Waals surface area contributed by atoms with Crippen LogP contribution in [0.1, 0.15) is 12.5 Å². The second kappa shape index (κ2) is 8.71. The third-order valence-corrected chi connectivity index (χ3v) is 3.91. The zero-order valence-corrected chi connectivity index (χ0v) is 15.8. The molecule has 0 aliphatic rings. The topological polar surface area (TPSA) is 103 Å². The molecule has 0 saturated carbocycles. The standard InChI is InChI=1S/C21H17N3O5/c1-3-28-21(26)14(13-22)12-15-19(29-17-9-5-4-8-16(17)27-2)23-18-10-6-7-11-24(18)20(15)25/h4-12H,3H2,1-2H3. The number of pyridine rings is 1. The number of hydrogen-bond acceptors (Lipinski definition) is 7. The second-order valence-electron chi connectivity index (χ2n) is 5.71. The van der Waals surface area contributed by atoms with Crippen molar-refractivity contribution in [2.24, 2.45) is 0 Å². The first-order valence-corrected chi connectivity index (χ1v) is 8.70. The van der Waals surface area contributed by atoms with E-state index in [1.165, 1.54) is 17.7 Å². The highest BCUT2D eigenvalue weighted by molar-refractivity contribution is 5.98. The van der Waals surface area contributed by atoms with Crippen molar-refractivity contribution in [3.8, 4) is 23.4 Å². The van der Waals surface area contributed by atoms with E-state index in [2.05, 4.69) is 4.98 Å². The predicted molar refractivity (Wildman–Crippen MR) is 105 cm³/mol. The van der Waals surface area contributed by atoms with Crippen LogP contribution in [0.3, 0.4) is 0 Å². The molecule has 29 heavy (non-hydrogen) atoms. The average molecular weight is 391 g/mol. The quantitative estimate of drug-likeness (QED) is 0.361. The van der Waals surface area contributed by atoms with E-state index in [4.69, 9.17) is 14.2 Å². The van der Waals surface area contributed by atoms with Crippen LogP contribution in [0.5, 0.6) is 17.4 Å². The van der Waals surface area contributed by atoms with Gasteiger partial charge in [0.1, 0.15) is 22.9 Å². The summed E-state index contributed by atoms with van der Waals surface area (Å²) in [5.41, 5.74) is -0.567. The zero-order chi connectivity index (χ0) is 20.8. The third-order valence-electron chi connectivity index (χ3n) is 3.91. The Balaban J connectivity index is 2.23. The fourth-order valence-electron chi connectivity index (χ4n) is 2.58. The molecule has 0 bridgehead atoms. The lowest BCUT2D eigenvalue weighted by atomic mass is 10.2. The summed E-state index contributed by atoms with van der Waals surface area (Å²) >= 11 is 0. The molecule has 2 heterocycles. The normalized spacial score (nSPS) is 11.0. The highest BCUT2D eigenvalue weighted by atomic mass is 16.5. The average Bonchev–Trinajstić information content (AvgIpc) is 2.74. The number of carbonyl (C=O) groups excluding carboxylic acids is 1.